The van der Waals surface area contributed by atoms with Gasteiger partial charge in [-0.1, -0.05) is 0 Å². The summed E-state index contributed by atoms with van der Waals surface area (Å²) in [5.41, 5.74) is 1.29. The van der Waals surface area contributed by atoms with E-state index in [0.717, 1.165) is 5.56 Å². The zero-order chi connectivity index (χ0) is 20.8. The molecule has 1 amide bonds. The number of hydrogen-bond acceptors (Lipinski definition) is 6. The number of carbonyl (C=O) groups excluding carboxylic acids is 2. The van der Waals surface area contributed by atoms with Crippen molar-refractivity contribution < 1.29 is 23.5 Å². The molecule has 1 N–H and O–H groups in total. The van der Waals surface area contributed by atoms with Gasteiger partial charge in [-0.2, -0.15) is 5.10 Å². The van der Waals surface area contributed by atoms with Gasteiger partial charge in [-0.3, -0.25) is 14.3 Å². The Labute approximate surface area is 167 Å². The molecule has 0 saturated carbocycles. The number of aromatic nitrogens is 2. The standard InChI is InChI=1S/C21H21N3O5/c1-14(25)19-8-7-18(29-19)13-24-12-16(11-22-24)23-21(26)9-5-15-4-6-17(27-2)10-20(15)28-3/h4-12H,13H2,1-3H3,(H,23,26). The van der Waals surface area contributed by atoms with Gasteiger partial charge in [0.25, 0.3) is 0 Å². The fourth-order valence-electron chi connectivity index (χ4n) is 2.63. The lowest BCUT2D eigenvalue weighted by Gasteiger charge is -2.07. The van der Waals surface area contributed by atoms with Crippen molar-refractivity contribution in [3.63, 3.8) is 0 Å². The van der Waals surface area contributed by atoms with E-state index >= 15 is 0 Å². The minimum atomic E-state index is -0.306. The van der Waals surface area contributed by atoms with Gasteiger partial charge in [0.15, 0.2) is 11.5 Å². The van der Waals surface area contributed by atoms with Gasteiger partial charge < -0.3 is 19.2 Å². The van der Waals surface area contributed by atoms with Gasteiger partial charge in [-0.05, 0) is 30.3 Å². The smallest absolute Gasteiger partial charge is 0.248 e. The van der Waals surface area contributed by atoms with Crippen LogP contribution in [0.3, 0.4) is 0 Å². The van der Waals surface area contributed by atoms with Crippen molar-refractivity contribution in [1.82, 2.24) is 9.78 Å². The van der Waals surface area contributed by atoms with Gasteiger partial charge in [0, 0.05) is 30.8 Å². The van der Waals surface area contributed by atoms with E-state index in [-0.39, 0.29) is 11.7 Å². The number of rotatable bonds is 8. The van der Waals surface area contributed by atoms with Crippen LogP contribution in [0.1, 0.15) is 28.8 Å². The van der Waals surface area contributed by atoms with E-state index in [9.17, 15) is 9.59 Å². The van der Waals surface area contributed by atoms with E-state index in [1.807, 2.05) is 0 Å². The molecule has 0 saturated heterocycles. The maximum atomic E-state index is 12.2. The van der Waals surface area contributed by atoms with Crippen LogP contribution in [0.5, 0.6) is 11.5 Å². The van der Waals surface area contributed by atoms with Crippen LogP contribution in [-0.4, -0.2) is 35.7 Å². The Kier molecular flexibility index (Phi) is 6.13. The lowest BCUT2D eigenvalue weighted by atomic mass is 10.1. The third-order valence-corrected chi connectivity index (χ3v) is 4.08. The Balaban J connectivity index is 1.61. The van der Waals surface area contributed by atoms with Gasteiger partial charge in [0.2, 0.25) is 5.91 Å². The molecule has 0 unspecified atom stereocenters. The van der Waals surface area contributed by atoms with Gasteiger partial charge in [0.05, 0.1) is 32.6 Å². The molecule has 3 aromatic rings. The summed E-state index contributed by atoms with van der Waals surface area (Å²) in [7, 11) is 3.13. The summed E-state index contributed by atoms with van der Waals surface area (Å²) in [6.07, 6.45) is 6.28. The number of hydrogen-bond donors (Lipinski definition) is 1. The number of nitrogens with zero attached hydrogens (tertiary/aromatic N) is 2. The molecule has 3 rings (SSSR count). The number of benzene rings is 1. The van der Waals surface area contributed by atoms with E-state index in [2.05, 4.69) is 10.4 Å². The maximum Gasteiger partial charge on any atom is 0.248 e. The van der Waals surface area contributed by atoms with Crippen LogP contribution in [0, 0.1) is 0 Å². The summed E-state index contributed by atoms with van der Waals surface area (Å²) in [6.45, 7) is 1.79. The number of carbonyl (C=O) groups is 2. The molecule has 0 bridgehead atoms. The molecule has 8 nitrogen and oxygen atoms in total. The molecule has 8 heteroatoms. The topological polar surface area (TPSA) is 95.6 Å². The minimum Gasteiger partial charge on any atom is -0.497 e. The van der Waals surface area contributed by atoms with Crippen molar-refractivity contribution >= 4 is 23.5 Å². The number of amides is 1. The molecule has 0 spiro atoms. The molecule has 0 fully saturated rings. The van der Waals surface area contributed by atoms with Crippen LogP contribution >= 0.6 is 0 Å². The Morgan fingerprint density at radius 2 is 2.03 bits per heavy atom. The van der Waals surface area contributed by atoms with Crippen molar-refractivity contribution in [2.24, 2.45) is 0 Å². The summed E-state index contributed by atoms with van der Waals surface area (Å²) in [6, 6.07) is 8.69. The van der Waals surface area contributed by atoms with E-state index in [4.69, 9.17) is 13.9 Å². The Morgan fingerprint density at radius 1 is 1.21 bits per heavy atom. The Bertz CT molecular complexity index is 1050. The normalized spacial score (nSPS) is 10.9. The van der Waals surface area contributed by atoms with Gasteiger partial charge in [-0.25, -0.2) is 0 Å². The first-order valence-electron chi connectivity index (χ1n) is 8.81. The molecule has 2 aromatic heterocycles. The molecule has 0 atom stereocenters. The van der Waals surface area contributed by atoms with Gasteiger partial charge in [0.1, 0.15) is 17.3 Å². The quantitative estimate of drug-likeness (QED) is 0.464. The summed E-state index contributed by atoms with van der Waals surface area (Å²) in [4.78, 5) is 23.5. The van der Waals surface area contributed by atoms with E-state index in [1.54, 1.807) is 61.5 Å². The average Bonchev–Trinajstić information content (AvgIpc) is 3.36. The predicted octanol–water partition coefficient (Wildman–Crippen LogP) is 3.40. The van der Waals surface area contributed by atoms with Crippen molar-refractivity contribution in [1.29, 1.82) is 0 Å². The summed E-state index contributed by atoms with van der Waals surface area (Å²) < 4.78 is 17.5. The molecule has 0 aliphatic rings. The first-order chi connectivity index (χ1) is 14.0. The van der Waals surface area contributed by atoms with Crippen LogP contribution in [0.2, 0.25) is 0 Å². The second-order valence-electron chi connectivity index (χ2n) is 6.18. The first-order valence-corrected chi connectivity index (χ1v) is 8.81. The van der Waals surface area contributed by atoms with E-state index < -0.39 is 0 Å². The number of methoxy groups -OCH3 is 2. The molecule has 29 heavy (non-hydrogen) atoms. The lowest BCUT2D eigenvalue weighted by molar-refractivity contribution is -0.111. The van der Waals surface area contributed by atoms with E-state index in [0.29, 0.717) is 35.3 Å². The molecule has 0 radical (unpaired) electrons. The molecular weight excluding hydrogens is 374 g/mol. The van der Waals surface area contributed by atoms with Crippen molar-refractivity contribution in [3.05, 3.63) is 65.9 Å². The molecule has 2 heterocycles. The van der Waals surface area contributed by atoms with Crippen LogP contribution in [0.4, 0.5) is 5.69 Å². The van der Waals surface area contributed by atoms with Crippen molar-refractivity contribution in [2.75, 3.05) is 19.5 Å². The third-order valence-electron chi connectivity index (χ3n) is 4.08. The van der Waals surface area contributed by atoms with Gasteiger partial charge in [-0.15, -0.1) is 0 Å². The highest BCUT2D eigenvalue weighted by Crippen LogP contribution is 2.25. The highest BCUT2D eigenvalue weighted by molar-refractivity contribution is 6.02. The number of nitrogens with one attached hydrogen (secondary N) is 1. The molecule has 0 aliphatic carbocycles. The summed E-state index contributed by atoms with van der Waals surface area (Å²) in [5.74, 6) is 1.74. The zero-order valence-corrected chi connectivity index (χ0v) is 16.3. The molecular formula is C21H21N3O5. The van der Waals surface area contributed by atoms with Crippen LogP contribution < -0.4 is 14.8 Å². The van der Waals surface area contributed by atoms with Crippen LogP contribution in [0.15, 0.2) is 53.2 Å². The zero-order valence-electron chi connectivity index (χ0n) is 16.3. The maximum absolute atomic E-state index is 12.2. The minimum absolute atomic E-state index is 0.134. The number of furan rings is 1. The molecule has 0 aliphatic heterocycles. The van der Waals surface area contributed by atoms with Crippen LogP contribution in [-0.2, 0) is 11.3 Å². The van der Waals surface area contributed by atoms with Crippen LogP contribution in [0.25, 0.3) is 6.08 Å². The first kappa shape index (κ1) is 19.9. The predicted molar refractivity (Wildman–Crippen MR) is 107 cm³/mol. The second-order valence-corrected chi connectivity index (χ2v) is 6.18. The molecule has 150 valence electrons. The fourth-order valence-corrected chi connectivity index (χ4v) is 2.63. The number of anilines is 1. The third kappa shape index (κ3) is 5.13. The molecule has 1 aromatic carbocycles. The largest absolute Gasteiger partial charge is 0.497 e. The van der Waals surface area contributed by atoms with Crippen molar-refractivity contribution in [3.8, 4) is 11.5 Å². The number of ether oxygens (including phenoxy) is 2. The van der Waals surface area contributed by atoms with Crippen molar-refractivity contribution in [2.45, 2.75) is 13.5 Å². The highest BCUT2D eigenvalue weighted by atomic mass is 16.5. The average molecular weight is 395 g/mol. The summed E-state index contributed by atoms with van der Waals surface area (Å²) >= 11 is 0. The van der Waals surface area contributed by atoms with Gasteiger partial charge >= 0.3 is 0 Å². The lowest BCUT2D eigenvalue weighted by Crippen LogP contribution is -2.07. The highest BCUT2D eigenvalue weighted by Gasteiger charge is 2.08. The number of Topliss-reactive ketones (excluding diaryl/α,β-unsaturated/α-hetero) is 1. The fraction of sp³-hybridized carbons (Fsp3) is 0.190. The SMILES string of the molecule is COc1ccc(C=CC(=O)Nc2cnn(Cc3ccc(C(C)=O)o3)c2)c(OC)c1. The summed E-state index contributed by atoms with van der Waals surface area (Å²) in [5, 5.41) is 6.92. The van der Waals surface area contributed by atoms with E-state index in [1.165, 1.54) is 19.2 Å². The Morgan fingerprint density at radius 3 is 2.72 bits per heavy atom. The number of ketones is 1. The Hall–Kier alpha value is -3.81. The monoisotopic (exact) mass is 395 g/mol. The second kappa shape index (κ2) is 8.92.